The lowest BCUT2D eigenvalue weighted by Crippen LogP contribution is -2.30. The molecule has 0 aromatic carbocycles. The minimum atomic E-state index is -4.96. The number of unbranched alkanes of at least 4 members (excludes halogenated alkanes) is 45. The van der Waals surface area contributed by atoms with Crippen molar-refractivity contribution in [3.05, 3.63) is 0 Å². The Labute approximate surface area is 600 Å². The van der Waals surface area contributed by atoms with Crippen LogP contribution in [0.5, 0.6) is 0 Å². The van der Waals surface area contributed by atoms with Gasteiger partial charge in [0, 0.05) is 25.7 Å². The Morgan fingerprint density at radius 2 is 0.469 bits per heavy atom. The van der Waals surface area contributed by atoms with Gasteiger partial charge in [-0.25, -0.2) is 9.13 Å². The average molecular weight is 1440 g/mol. The molecule has 0 radical (unpaired) electrons. The van der Waals surface area contributed by atoms with Gasteiger partial charge in [0.2, 0.25) is 0 Å². The van der Waals surface area contributed by atoms with Crippen LogP contribution in [0.3, 0.4) is 0 Å². The van der Waals surface area contributed by atoms with E-state index in [1.54, 1.807) is 0 Å². The maximum Gasteiger partial charge on any atom is 0.472 e. The zero-order valence-electron chi connectivity index (χ0n) is 64.3. The Morgan fingerprint density at radius 1 is 0.276 bits per heavy atom. The van der Waals surface area contributed by atoms with E-state index in [4.69, 9.17) is 37.0 Å². The minimum absolute atomic E-state index is 0.104. The molecule has 2 unspecified atom stereocenters. The summed E-state index contributed by atoms with van der Waals surface area (Å²) in [6.45, 7) is 11.8. The molecule has 582 valence electrons. The first kappa shape index (κ1) is 96.1. The number of ether oxygens (including phenoxy) is 4. The predicted octanol–water partition coefficient (Wildman–Crippen LogP) is 23.4. The van der Waals surface area contributed by atoms with Crippen molar-refractivity contribution in [1.82, 2.24) is 0 Å². The second kappa shape index (κ2) is 69.4. The molecule has 3 N–H and O–H groups in total. The Morgan fingerprint density at radius 3 is 0.694 bits per heavy atom. The zero-order chi connectivity index (χ0) is 72.3. The fourth-order valence-electron chi connectivity index (χ4n) is 12.1. The monoisotopic (exact) mass is 1440 g/mol. The zero-order valence-corrected chi connectivity index (χ0v) is 66.0. The van der Waals surface area contributed by atoms with Crippen molar-refractivity contribution in [1.29, 1.82) is 0 Å². The van der Waals surface area contributed by atoms with Gasteiger partial charge >= 0.3 is 39.5 Å². The van der Waals surface area contributed by atoms with Crippen molar-refractivity contribution in [2.24, 2.45) is 17.8 Å². The number of aliphatic hydroxyl groups excluding tert-OH is 1. The van der Waals surface area contributed by atoms with Crippen LogP contribution < -0.4 is 0 Å². The van der Waals surface area contributed by atoms with E-state index in [1.165, 1.54) is 212 Å². The molecule has 0 aliphatic carbocycles. The van der Waals surface area contributed by atoms with E-state index in [-0.39, 0.29) is 25.7 Å². The van der Waals surface area contributed by atoms with Gasteiger partial charge in [0.25, 0.3) is 0 Å². The van der Waals surface area contributed by atoms with Crippen LogP contribution in [-0.2, 0) is 65.4 Å². The lowest BCUT2D eigenvalue weighted by atomic mass is 10.0. The normalized spacial score (nSPS) is 14.0. The van der Waals surface area contributed by atoms with Crippen molar-refractivity contribution in [2.45, 2.75) is 426 Å². The molecule has 0 fully saturated rings. The topological polar surface area (TPSA) is 237 Å². The third-order valence-electron chi connectivity index (χ3n) is 18.4. The summed E-state index contributed by atoms with van der Waals surface area (Å²) in [4.78, 5) is 72.9. The van der Waals surface area contributed by atoms with Crippen molar-refractivity contribution < 1.29 is 80.2 Å². The van der Waals surface area contributed by atoms with E-state index in [2.05, 4.69) is 48.5 Å². The highest BCUT2D eigenvalue weighted by molar-refractivity contribution is 7.47. The molecule has 0 amide bonds. The van der Waals surface area contributed by atoms with Crippen LogP contribution >= 0.6 is 15.6 Å². The SMILES string of the molecule is CCCCCCCCCCCCCCCCCCCCCCCC(=O)O[C@H](COC(=O)CCCCCCCCCCCCCCCC(C)C)COP(=O)(O)OC[C@@H](O)COP(=O)(O)OC[C@@H](COC(=O)CCCCCCCCCC(C)C)OC(=O)CCCCCCCCCCC(C)C. The molecule has 5 atom stereocenters. The molecule has 0 saturated heterocycles. The second-order valence-corrected chi connectivity index (χ2v) is 32.8. The van der Waals surface area contributed by atoms with E-state index in [0.29, 0.717) is 31.6 Å². The smallest absolute Gasteiger partial charge is 0.462 e. The van der Waals surface area contributed by atoms with Crippen LogP contribution in [0.1, 0.15) is 408 Å². The van der Waals surface area contributed by atoms with Gasteiger partial charge in [0.15, 0.2) is 12.2 Å². The molecule has 0 aromatic heterocycles. The molecule has 0 heterocycles. The first-order valence-corrected chi connectivity index (χ1v) is 43.8. The van der Waals surface area contributed by atoms with Crippen LogP contribution in [0, 0.1) is 17.8 Å². The standard InChI is InChI=1S/C79H154O17P2/c1-8-9-10-11-12-13-14-15-16-17-18-19-20-21-22-25-29-32-40-48-55-62-78(83)95-74(66-89-76(81)60-53-46-39-31-28-26-23-24-27-30-36-43-50-57-70(2)3)68-93-97(85,86)91-64-73(80)65-92-98(87,88)94-69-75(67-90-77(82)61-54-47-42-35-38-45-52-59-72(6)7)96-79(84)63-56-49-41-34-33-37-44-51-58-71(4)5/h70-75,80H,8-69H2,1-7H3,(H,85,86)(H,87,88)/t73-,74-,75-/m1/s1. The fourth-order valence-corrected chi connectivity index (χ4v) is 13.7. The number of carbonyl (C=O) groups is 4. The summed E-state index contributed by atoms with van der Waals surface area (Å²) in [5.74, 6) is 0.0963. The Kier molecular flexibility index (Phi) is 68.1. The number of esters is 4. The summed E-state index contributed by atoms with van der Waals surface area (Å²) in [5.41, 5.74) is 0. The summed E-state index contributed by atoms with van der Waals surface area (Å²) in [6, 6.07) is 0. The summed E-state index contributed by atoms with van der Waals surface area (Å²) >= 11 is 0. The molecule has 0 spiro atoms. The Bertz CT molecular complexity index is 1900. The summed E-state index contributed by atoms with van der Waals surface area (Å²) in [5, 5.41) is 10.6. The number of hydrogen-bond donors (Lipinski definition) is 3. The van der Waals surface area contributed by atoms with Crippen LogP contribution in [0.15, 0.2) is 0 Å². The van der Waals surface area contributed by atoms with Gasteiger partial charge in [-0.2, -0.15) is 0 Å². The van der Waals surface area contributed by atoms with Crippen LogP contribution in [0.2, 0.25) is 0 Å². The molecule has 0 rings (SSSR count). The van der Waals surface area contributed by atoms with Crippen LogP contribution in [0.4, 0.5) is 0 Å². The average Bonchev–Trinajstić information content (AvgIpc) is 0.971. The molecule has 0 bridgehead atoms. The van der Waals surface area contributed by atoms with Gasteiger partial charge in [-0.1, -0.05) is 357 Å². The lowest BCUT2D eigenvalue weighted by molar-refractivity contribution is -0.161. The molecule has 0 saturated carbocycles. The number of phosphoric acid groups is 2. The molecule has 0 aliphatic heterocycles. The second-order valence-electron chi connectivity index (χ2n) is 29.9. The highest BCUT2D eigenvalue weighted by Crippen LogP contribution is 2.45. The van der Waals surface area contributed by atoms with Gasteiger partial charge in [-0.3, -0.25) is 37.3 Å². The molecule has 0 aliphatic rings. The largest absolute Gasteiger partial charge is 0.472 e. The lowest BCUT2D eigenvalue weighted by Gasteiger charge is -2.21. The molecule has 98 heavy (non-hydrogen) atoms. The molecular weight excluding hydrogens is 1280 g/mol. The molecular formula is C79H154O17P2. The van der Waals surface area contributed by atoms with Crippen molar-refractivity contribution in [3.63, 3.8) is 0 Å². The Hall–Kier alpha value is -1.94. The van der Waals surface area contributed by atoms with Gasteiger partial charge in [-0.15, -0.1) is 0 Å². The van der Waals surface area contributed by atoms with Crippen molar-refractivity contribution >= 4 is 39.5 Å². The van der Waals surface area contributed by atoms with Gasteiger partial charge in [-0.05, 0) is 43.4 Å². The molecule has 17 nitrogen and oxygen atoms in total. The van der Waals surface area contributed by atoms with Crippen LogP contribution in [-0.4, -0.2) is 96.7 Å². The maximum atomic E-state index is 13.1. The van der Waals surface area contributed by atoms with Crippen molar-refractivity contribution in [2.75, 3.05) is 39.6 Å². The first-order valence-electron chi connectivity index (χ1n) is 40.8. The summed E-state index contributed by atoms with van der Waals surface area (Å²) in [6.07, 6.45) is 57.2. The van der Waals surface area contributed by atoms with E-state index >= 15 is 0 Å². The van der Waals surface area contributed by atoms with Gasteiger partial charge in [0.1, 0.15) is 19.3 Å². The molecule has 0 aromatic rings. The summed E-state index contributed by atoms with van der Waals surface area (Å²) in [7, 11) is -9.92. The number of carbonyl (C=O) groups excluding carboxylic acids is 4. The third kappa shape index (κ3) is 72.4. The predicted molar refractivity (Wildman–Crippen MR) is 400 cm³/mol. The minimum Gasteiger partial charge on any atom is -0.462 e. The van der Waals surface area contributed by atoms with E-state index in [1.807, 2.05) is 0 Å². The fraction of sp³-hybridized carbons (Fsp3) is 0.949. The highest BCUT2D eigenvalue weighted by Gasteiger charge is 2.30. The van der Waals surface area contributed by atoms with E-state index in [0.717, 1.165) is 108 Å². The Balaban J connectivity index is 5.21. The van der Waals surface area contributed by atoms with E-state index in [9.17, 15) is 43.2 Å². The maximum absolute atomic E-state index is 13.1. The number of aliphatic hydroxyl groups is 1. The summed E-state index contributed by atoms with van der Waals surface area (Å²) < 4.78 is 68.6. The van der Waals surface area contributed by atoms with Gasteiger partial charge in [0.05, 0.1) is 26.4 Å². The van der Waals surface area contributed by atoms with Gasteiger partial charge < -0.3 is 33.8 Å². The number of hydrogen-bond acceptors (Lipinski definition) is 15. The first-order chi connectivity index (χ1) is 47.2. The molecule has 19 heteroatoms. The third-order valence-corrected chi connectivity index (χ3v) is 20.3. The number of phosphoric ester groups is 2. The highest BCUT2D eigenvalue weighted by atomic mass is 31.2. The van der Waals surface area contributed by atoms with E-state index < -0.39 is 97.5 Å². The van der Waals surface area contributed by atoms with Crippen molar-refractivity contribution in [3.8, 4) is 0 Å². The quantitative estimate of drug-likeness (QED) is 0.0222. The van der Waals surface area contributed by atoms with Crippen LogP contribution in [0.25, 0.3) is 0 Å². The number of rotatable bonds is 77.